The summed E-state index contributed by atoms with van der Waals surface area (Å²) < 4.78 is 39.5. The Balaban J connectivity index is 1.82. The maximum atomic E-state index is 12.9. The molecule has 0 aliphatic heterocycles. The van der Waals surface area contributed by atoms with E-state index in [1.54, 1.807) is 24.3 Å². The minimum absolute atomic E-state index is 0.0741. The van der Waals surface area contributed by atoms with E-state index in [0.717, 1.165) is 17.7 Å². The maximum Gasteiger partial charge on any atom is 0.240 e. The number of carbonyl (C=O) groups excluding carboxylic acids is 2. The van der Waals surface area contributed by atoms with Crippen molar-refractivity contribution in [3.63, 3.8) is 0 Å². The molecule has 0 heterocycles. The highest BCUT2D eigenvalue weighted by atomic mass is 32.2. The minimum atomic E-state index is -4.02. The first kappa shape index (κ1) is 24.9. The van der Waals surface area contributed by atoms with Gasteiger partial charge in [0.05, 0.1) is 18.9 Å². The summed E-state index contributed by atoms with van der Waals surface area (Å²) in [6.07, 6.45) is 0. The van der Waals surface area contributed by atoms with Gasteiger partial charge in [-0.3, -0.25) is 15.0 Å². The summed E-state index contributed by atoms with van der Waals surface area (Å²) >= 11 is 0. The van der Waals surface area contributed by atoms with Crippen LogP contribution in [0.3, 0.4) is 0 Å². The quantitative estimate of drug-likeness (QED) is 0.189. The monoisotopic (exact) mass is 465 g/mol. The van der Waals surface area contributed by atoms with E-state index in [-0.39, 0.29) is 12.4 Å². The summed E-state index contributed by atoms with van der Waals surface area (Å²) in [6.45, 7) is -1.08. The lowest BCUT2D eigenvalue weighted by Gasteiger charge is -2.16. The molecule has 2 aromatic rings. The van der Waals surface area contributed by atoms with Crippen LogP contribution in [0.25, 0.3) is 0 Å². The van der Waals surface area contributed by atoms with E-state index in [1.165, 1.54) is 12.1 Å². The third kappa shape index (κ3) is 8.06. The maximum absolute atomic E-state index is 12.9. The van der Waals surface area contributed by atoms with Gasteiger partial charge < -0.3 is 21.5 Å². The Bertz CT molecular complexity index is 1060. The van der Waals surface area contributed by atoms with E-state index in [1.807, 2.05) is 0 Å². The summed E-state index contributed by atoms with van der Waals surface area (Å²) in [7, 11) is -4.02. The van der Waals surface area contributed by atoms with Gasteiger partial charge in [0, 0.05) is 12.1 Å². The summed E-state index contributed by atoms with van der Waals surface area (Å²) in [5.74, 6) is -2.51. The Morgan fingerprint density at radius 3 is 2.19 bits per heavy atom. The van der Waals surface area contributed by atoms with Crippen molar-refractivity contribution in [2.24, 2.45) is 5.73 Å². The third-order valence-electron chi connectivity index (χ3n) is 4.27. The second-order valence-electron chi connectivity index (χ2n) is 6.84. The number of amides is 2. The van der Waals surface area contributed by atoms with Crippen LogP contribution in [-0.2, 0) is 31.9 Å². The average Bonchev–Trinajstić information content (AvgIpc) is 2.76. The number of benzene rings is 2. The molecular weight excluding hydrogens is 441 g/mol. The van der Waals surface area contributed by atoms with Gasteiger partial charge in [0.2, 0.25) is 21.8 Å². The number of aliphatic hydroxyl groups is 1. The van der Waals surface area contributed by atoms with E-state index in [2.05, 4.69) is 15.4 Å². The molecule has 0 radical (unpaired) electrons. The number of halogens is 1. The molecule has 0 aliphatic carbocycles. The number of nitrogens with one attached hydrogen (secondary N) is 4. The Kier molecular flexibility index (Phi) is 8.81. The molecule has 7 N–H and O–H groups in total. The number of sulfonamides is 1. The first-order valence-electron chi connectivity index (χ1n) is 9.42. The zero-order chi connectivity index (χ0) is 23.7. The van der Waals surface area contributed by atoms with Gasteiger partial charge in [-0.2, -0.15) is 0 Å². The topological polar surface area (TPSA) is 174 Å². The molecule has 2 aromatic carbocycles. The van der Waals surface area contributed by atoms with Crippen molar-refractivity contribution < 1.29 is 27.5 Å². The Morgan fingerprint density at radius 1 is 1.03 bits per heavy atom. The van der Waals surface area contributed by atoms with Crippen LogP contribution in [0, 0.1) is 11.2 Å². The Morgan fingerprint density at radius 2 is 1.62 bits per heavy atom. The molecule has 12 heteroatoms. The van der Waals surface area contributed by atoms with Gasteiger partial charge in [0.15, 0.2) is 0 Å². The number of amidine groups is 1. The van der Waals surface area contributed by atoms with Gasteiger partial charge >= 0.3 is 0 Å². The van der Waals surface area contributed by atoms with Gasteiger partial charge in [0.1, 0.15) is 17.7 Å². The van der Waals surface area contributed by atoms with Crippen molar-refractivity contribution in [1.29, 1.82) is 5.41 Å². The number of carbonyl (C=O) groups is 2. The molecular formula is C20H24FN5O5S. The number of nitrogens with two attached hydrogens (primary N) is 1. The van der Waals surface area contributed by atoms with Crippen LogP contribution in [-0.4, -0.2) is 50.4 Å². The molecule has 10 nitrogen and oxygen atoms in total. The molecule has 172 valence electrons. The SMILES string of the molecule is N=C(N)c1ccc(CNC(=O)CNC(=O)[C@@H](CO)NS(=O)(=O)Cc2ccc(F)cc2)cc1. The van der Waals surface area contributed by atoms with Gasteiger partial charge in [0.25, 0.3) is 0 Å². The van der Waals surface area contributed by atoms with Crippen molar-refractivity contribution in [2.45, 2.75) is 18.3 Å². The average molecular weight is 466 g/mol. The molecule has 2 rings (SSSR count). The highest BCUT2D eigenvalue weighted by Gasteiger charge is 2.24. The van der Waals surface area contributed by atoms with Crippen LogP contribution in [0.4, 0.5) is 4.39 Å². The first-order valence-corrected chi connectivity index (χ1v) is 11.1. The van der Waals surface area contributed by atoms with Crippen LogP contribution in [0.5, 0.6) is 0 Å². The zero-order valence-electron chi connectivity index (χ0n) is 17.0. The molecule has 0 unspecified atom stereocenters. The van der Waals surface area contributed by atoms with Crippen molar-refractivity contribution in [2.75, 3.05) is 13.2 Å². The smallest absolute Gasteiger partial charge is 0.240 e. The van der Waals surface area contributed by atoms with E-state index in [9.17, 15) is 27.5 Å². The number of aliphatic hydroxyl groups excluding tert-OH is 1. The summed E-state index contributed by atoms with van der Waals surface area (Å²) in [5.41, 5.74) is 6.96. The molecule has 32 heavy (non-hydrogen) atoms. The molecule has 0 spiro atoms. The van der Waals surface area contributed by atoms with Crippen LogP contribution < -0.4 is 21.1 Å². The second-order valence-corrected chi connectivity index (χ2v) is 8.60. The van der Waals surface area contributed by atoms with Gasteiger partial charge in [-0.15, -0.1) is 0 Å². The predicted molar refractivity (Wildman–Crippen MR) is 115 cm³/mol. The van der Waals surface area contributed by atoms with Crippen LogP contribution in [0.2, 0.25) is 0 Å². The molecule has 2 amide bonds. The standard InChI is InChI=1S/C20H24FN5O5S/c21-16-7-3-14(4-8-16)12-32(30,31)26-17(11-27)20(29)25-10-18(28)24-9-13-1-5-15(6-2-13)19(22)23/h1-8,17,26-27H,9-12H2,(H3,22,23)(H,24,28)(H,25,29)/t17-/m1/s1. The van der Waals surface area contributed by atoms with Gasteiger partial charge in [-0.05, 0) is 23.3 Å². The highest BCUT2D eigenvalue weighted by molar-refractivity contribution is 7.88. The fraction of sp³-hybridized carbons (Fsp3) is 0.250. The molecule has 1 atom stereocenters. The molecule has 0 aromatic heterocycles. The lowest BCUT2D eigenvalue weighted by Crippen LogP contribution is -2.50. The summed E-state index contributed by atoms with van der Waals surface area (Å²) in [5, 5.41) is 21.5. The van der Waals surface area contributed by atoms with Crippen molar-refractivity contribution in [1.82, 2.24) is 15.4 Å². The largest absolute Gasteiger partial charge is 0.394 e. The number of hydrogen-bond donors (Lipinski definition) is 6. The number of nitrogen functional groups attached to an aromatic ring is 1. The minimum Gasteiger partial charge on any atom is -0.394 e. The fourth-order valence-corrected chi connectivity index (χ4v) is 3.92. The summed E-state index contributed by atoms with van der Waals surface area (Å²) in [6, 6.07) is 9.95. The lowest BCUT2D eigenvalue weighted by molar-refractivity contribution is -0.127. The normalized spacial score (nSPS) is 12.1. The fourth-order valence-electron chi connectivity index (χ4n) is 2.59. The highest BCUT2D eigenvalue weighted by Crippen LogP contribution is 2.07. The Hall–Kier alpha value is -3.35. The van der Waals surface area contributed by atoms with E-state index >= 15 is 0 Å². The van der Waals surface area contributed by atoms with Crippen LogP contribution in [0.1, 0.15) is 16.7 Å². The zero-order valence-corrected chi connectivity index (χ0v) is 17.8. The van der Waals surface area contributed by atoms with Gasteiger partial charge in [-0.1, -0.05) is 36.4 Å². The molecule has 0 saturated heterocycles. The molecule has 0 bridgehead atoms. The second kappa shape index (κ2) is 11.3. The molecule has 0 saturated carbocycles. The Labute approximate surface area is 184 Å². The van der Waals surface area contributed by atoms with E-state index in [0.29, 0.717) is 11.1 Å². The van der Waals surface area contributed by atoms with Crippen molar-refractivity contribution >= 4 is 27.7 Å². The third-order valence-corrected chi connectivity index (χ3v) is 5.63. The van der Waals surface area contributed by atoms with Crippen molar-refractivity contribution in [3.05, 3.63) is 71.0 Å². The van der Waals surface area contributed by atoms with Crippen LogP contribution in [0.15, 0.2) is 48.5 Å². The first-order chi connectivity index (χ1) is 15.1. The number of hydrogen-bond acceptors (Lipinski definition) is 6. The number of rotatable bonds is 11. The van der Waals surface area contributed by atoms with E-state index in [4.69, 9.17) is 11.1 Å². The van der Waals surface area contributed by atoms with Crippen LogP contribution >= 0.6 is 0 Å². The molecule has 0 aliphatic rings. The summed E-state index contributed by atoms with van der Waals surface area (Å²) in [4.78, 5) is 24.1. The lowest BCUT2D eigenvalue weighted by atomic mass is 10.1. The van der Waals surface area contributed by atoms with Gasteiger partial charge in [-0.25, -0.2) is 17.5 Å². The molecule has 0 fully saturated rings. The van der Waals surface area contributed by atoms with E-state index < -0.39 is 52.6 Å². The predicted octanol–water partition coefficient (Wildman–Crippen LogP) is -0.677. The van der Waals surface area contributed by atoms with Crippen molar-refractivity contribution in [3.8, 4) is 0 Å².